The number of piperazine rings is 1. The maximum absolute atomic E-state index is 12.6. The van der Waals surface area contributed by atoms with E-state index in [0.717, 1.165) is 10.9 Å². The summed E-state index contributed by atoms with van der Waals surface area (Å²) in [5, 5.41) is 3.18. The molecule has 1 fully saturated rings. The number of imide groups is 1. The van der Waals surface area contributed by atoms with E-state index in [0.29, 0.717) is 12.0 Å². The molecule has 1 aromatic heterocycles. The van der Waals surface area contributed by atoms with E-state index in [2.05, 4.69) is 10.3 Å². The van der Waals surface area contributed by atoms with Gasteiger partial charge in [0.1, 0.15) is 12.6 Å². The van der Waals surface area contributed by atoms with E-state index in [-0.39, 0.29) is 12.5 Å². The molecule has 1 aliphatic heterocycles. The van der Waals surface area contributed by atoms with Gasteiger partial charge in [-0.2, -0.15) is 0 Å². The molecule has 1 aliphatic rings. The lowest BCUT2D eigenvalue weighted by atomic mass is 10.1. The lowest BCUT2D eigenvalue weighted by Crippen LogP contribution is -2.59. The van der Waals surface area contributed by atoms with Gasteiger partial charge in [-0.3, -0.25) is 19.7 Å². The zero-order chi connectivity index (χ0) is 15.0. The fourth-order valence-corrected chi connectivity index (χ4v) is 2.64. The Morgan fingerprint density at radius 3 is 2.90 bits per heavy atom. The molecule has 0 radical (unpaired) electrons. The van der Waals surface area contributed by atoms with Crippen LogP contribution in [0.3, 0.4) is 0 Å². The summed E-state index contributed by atoms with van der Waals surface area (Å²) < 4.78 is 0. The van der Waals surface area contributed by atoms with Gasteiger partial charge in [0.25, 0.3) is 5.91 Å². The number of nitrogens with zero attached hydrogens (tertiary/aromatic N) is 1. The first-order chi connectivity index (χ1) is 10.1. The third-order valence-corrected chi connectivity index (χ3v) is 3.70. The Hall–Kier alpha value is -2.63. The van der Waals surface area contributed by atoms with Crippen LogP contribution in [0, 0.1) is 0 Å². The van der Waals surface area contributed by atoms with Crippen LogP contribution in [0.1, 0.15) is 23.7 Å². The summed E-state index contributed by atoms with van der Waals surface area (Å²) in [6, 6.07) is 6.55. The molecule has 1 atom stereocenters. The quantitative estimate of drug-likeness (QED) is 0.809. The normalized spacial score (nSPS) is 18.9. The smallest absolute Gasteiger partial charge is 0.255 e. The molecule has 0 aliphatic carbocycles. The van der Waals surface area contributed by atoms with Gasteiger partial charge in [0.15, 0.2) is 0 Å². The molecule has 6 heteroatoms. The van der Waals surface area contributed by atoms with Gasteiger partial charge in [-0.15, -0.1) is 0 Å². The van der Waals surface area contributed by atoms with Crippen LogP contribution in [0.25, 0.3) is 10.9 Å². The van der Waals surface area contributed by atoms with Crippen LogP contribution >= 0.6 is 0 Å². The van der Waals surface area contributed by atoms with E-state index >= 15 is 0 Å². The number of hydrogen-bond acceptors (Lipinski definition) is 3. The van der Waals surface area contributed by atoms with Crippen molar-refractivity contribution in [1.82, 2.24) is 15.2 Å². The highest BCUT2D eigenvalue weighted by molar-refractivity contribution is 6.08. The molecule has 3 amide bonds. The third kappa shape index (κ3) is 2.29. The molecule has 3 rings (SSSR count). The maximum Gasteiger partial charge on any atom is 0.255 e. The Balaban J connectivity index is 1.95. The van der Waals surface area contributed by atoms with Crippen molar-refractivity contribution in [2.24, 2.45) is 0 Å². The molecule has 6 nitrogen and oxygen atoms in total. The number of nitrogens with one attached hydrogen (secondary N) is 2. The maximum atomic E-state index is 12.6. The second-order valence-electron chi connectivity index (χ2n) is 5.05. The van der Waals surface area contributed by atoms with Crippen molar-refractivity contribution in [3.8, 4) is 0 Å². The Morgan fingerprint density at radius 2 is 2.14 bits per heavy atom. The van der Waals surface area contributed by atoms with Crippen molar-refractivity contribution < 1.29 is 14.4 Å². The number of H-pyrrole nitrogens is 1. The van der Waals surface area contributed by atoms with Crippen molar-refractivity contribution >= 4 is 28.6 Å². The van der Waals surface area contributed by atoms with Crippen molar-refractivity contribution in [3.63, 3.8) is 0 Å². The van der Waals surface area contributed by atoms with Crippen LogP contribution in [0.15, 0.2) is 30.5 Å². The monoisotopic (exact) mass is 285 g/mol. The molecular weight excluding hydrogens is 270 g/mol. The van der Waals surface area contributed by atoms with Gasteiger partial charge in [0, 0.05) is 22.7 Å². The molecule has 2 aromatic rings. The van der Waals surface area contributed by atoms with E-state index in [9.17, 15) is 14.4 Å². The van der Waals surface area contributed by atoms with Crippen LogP contribution in [0.2, 0.25) is 0 Å². The van der Waals surface area contributed by atoms with Crippen LogP contribution in [0.5, 0.6) is 0 Å². The van der Waals surface area contributed by atoms with E-state index in [1.54, 1.807) is 18.3 Å². The number of aromatic amines is 1. The Labute approximate surface area is 121 Å². The van der Waals surface area contributed by atoms with Crippen molar-refractivity contribution in [1.29, 1.82) is 0 Å². The van der Waals surface area contributed by atoms with Crippen LogP contribution in [-0.4, -0.2) is 40.2 Å². The average molecular weight is 285 g/mol. The van der Waals surface area contributed by atoms with E-state index in [1.807, 2.05) is 19.1 Å². The Morgan fingerprint density at radius 1 is 1.33 bits per heavy atom. The Kier molecular flexibility index (Phi) is 3.21. The van der Waals surface area contributed by atoms with E-state index < -0.39 is 17.9 Å². The average Bonchev–Trinajstić information content (AvgIpc) is 2.93. The van der Waals surface area contributed by atoms with Crippen molar-refractivity contribution in [3.05, 3.63) is 36.0 Å². The minimum absolute atomic E-state index is 0.0890. The molecule has 1 unspecified atom stereocenters. The molecule has 0 bridgehead atoms. The van der Waals surface area contributed by atoms with Gasteiger partial charge in [0.2, 0.25) is 11.8 Å². The highest BCUT2D eigenvalue weighted by Gasteiger charge is 2.35. The number of carbonyl (C=O) groups is 3. The molecule has 108 valence electrons. The first-order valence-corrected chi connectivity index (χ1v) is 6.82. The third-order valence-electron chi connectivity index (χ3n) is 3.70. The zero-order valence-corrected chi connectivity index (χ0v) is 11.6. The van der Waals surface area contributed by atoms with Gasteiger partial charge in [-0.05, 0) is 30.7 Å². The molecule has 0 spiro atoms. The van der Waals surface area contributed by atoms with Crippen molar-refractivity contribution in [2.75, 3.05) is 6.54 Å². The number of aromatic nitrogens is 1. The summed E-state index contributed by atoms with van der Waals surface area (Å²) in [4.78, 5) is 40.4. The van der Waals surface area contributed by atoms with Crippen molar-refractivity contribution in [2.45, 2.75) is 19.4 Å². The molecule has 21 heavy (non-hydrogen) atoms. The fourth-order valence-electron chi connectivity index (χ4n) is 2.64. The number of rotatable bonds is 2. The van der Waals surface area contributed by atoms with Gasteiger partial charge >= 0.3 is 0 Å². The predicted octanol–water partition coefficient (Wildman–Crippen LogP) is 1.05. The number of hydrogen-bond donors (Lipinski definition) is 2. The first kappa shape index (κ1) is 13.4. The fraction of sp³-hybridized carbons (Fsp3) is 0.267. The summed E-state index contributed by atoms with van der Waals surface area (Å²) in [5.41, 5.74) is 1.41. The molecule has 1 saturated heterocycles. The van der Waals surface area contributed by atoms with E-state index in [4.69, 9.17) is 0 Å². The van der Waals surface area contributed by atoms with Gasteiger partial charge in [-0.25, -0.2) is 0 Å². The lowest BCUT2D eigenvalue weighted by Gasteiger charge is -2.33. The summed E-state index contributed by atoms with van der Waals surface area (Å²) in [7, 11) is 0. The predicted molar refractivity (Wildman–Crippen MR) is 76.6 cm³/mol. The number of carbonyl (C=O) groups excluding carboxylic acids is 3. The second kappa shape index (κ2) is 5.05. The SMILES string of the molecule is CCC1C(=O)NC(=O)CN1C(=O)c1ccc2[nH]ccc2c1. The van der Waals surface area contributed by atoms with Crippen LogP contribution in [0.4, 0.5) is 0 Å². The van der Waals surface area contributed by atoms with Crippen LogP contribution in [-0.2, 0) is 9.59 Å². The standard InChI is InChI=1S/C15H15N3O3/c1-2-12-14(20)17-13(19)8-18(12)15(21)10-3-4-11-9(7-10)5-6-16-11/h3-7,12,16H,2,8H2,1H3,(H,17,19,20). The summed E-state index contributed by atoms with van der Waals surface area (Å²) in [5.74, 6) is -1.15. The molecule has 2 N–H and O–H groups in total. The summed E-state index contributed by atoms with van der Waals surface area (Å²) in [6.45, 7) is 1.73. The highest BCUT2D eigenvalue weighted by atomic mass is 16.2. The van der Waals surface area contributed by atoms with Gasteiger partial charge < -0.3 is 9.88 Å². The minimum atomic E-state index is -0.600. The Bertz CT molecular complexity index is 735. The largest absolute Gasteiger partial charge is 0.361 e. The number of fused-ring (bicyclic) bond motifs is 1. The topological polar surface area (TPSA) is 82.3 Å². The van der Waals surface area contributed by atoms with E-state index in [1.165, 1.54) is 4.90 Å². The molecular formula is C15H15N3O3. The molecule has 1 aromatic carbocycles. The lowest BCUT2D eigenvalue weighted by molar-refractivity contribution is -0.138. The molecule has 0 saturated carbocycles. The highest BCUT2D eigenvalue weighted by Crippen LogP contribution is 2.18. The summed E-state index contributed by atoms with van der Waals surface area (Å²) >= 11 is 0. The second-order valence-corrected chi connectivity index (χ2v) is 5.05. The van der Waals surface area contributed by atoms with Gasteiger partial charge in [0.05, 0.1) is 0 Å². The number of amides is 3. The summed E-state index contributed by atoms with van der Waals surface area (Å²) in [6.07, 6.45) is 2.27. The van der Waals surface area contributed by atoms with Crippen LogP contribution < -0.4 is 5.32 Å². The minimum Gasteiger partial charge on any atom is -0.361 e. The number of benzene rings is 1. The zero-order valence-electron chi connectivity index (χ0n) is 11.6. The van der Waals surface area contributed by atoms with Gasteiger partial charge in [-0.1, -0.05) is 6.92 Å². The first-order valence-electron chi connectivity index (χ1n) is 6.82. The molecule has 2 heterocycles.